The fourth-order valence-electron chi connectivity index (χ4n) is 6.81. The lowest BCUT2D eigenvalue weighted by atomic mass is 9.69. The minimum absolute atomic E-state index is 0.0765. The Hall–Kier alpha value is -4.20. The predicted octanol–water partition coefficient (Wildman–Crippen LogP) is 1.36. The van der Waals surface area contributed by atoms with Gasteiger partial charge in [0.2, 0.25) is 11.8 Å². The van der Waals surface area contributed by atoms with Gasteiger partial charge in [0.15, 0.2) is 0 Å². The molecule has 1 heterocycles. The highest BCUT2D eigenvalue weighted by molar-refractivity contribution is 5.96. The summed E-state index contributed by atoms with van der Waals surface area (Å²) in [5.41, 5.74) is 10.5. The quantitative estimate of drug-likeness (QED) is 0.215. The number of carbonyl (C=O) groups is 3. The van der Waals surface area contributed by atoms with Crippen LogP contribution in [0.4, 0.5) is 0 Å². The molecule has 1 saturated carbocycles. The molecule has 2 unspecified atom stereocenters. The van der Waals surface area contributed by atoms with E-state index in [1.165, 1.54) is 0 Å². The number of nitrogens with one attached hydrogen (secondary N) is 5. The lowest BCUT2D eigenvalue weighted by Gasteiger charge is -2.35. The van der Waals surface area contributed by atoms with Gasteiger partial charge in [-0.25, -0.2) is 5.43 Å². The molecule has 10 nitrogen and oxygen atoms in total. The summed E-state index contributed by atoms with van der Waals surface area (Å²) in [6, 6.07) is 13.7. The number of nitriles is 1. The number of hydrogen-bond donors (Lipinski definition) is 5. The topological polar surface area (TPSA) is 138 Å². The van der Waals surface area contributed by atoms with E-state index in [2.05, 4.69) is 45.5 Å². The lowest BCUT2D eigenvalue weighted by molar-refractivity contribution is -0.131. The van der Waals surface area contributed by atoms with Crippen molar-refractivity contribution >= 4 is 23.4 Å². The second-order valence-corrected chi connectivity index (χ2v) is 11.3. The summed E-state index contributed by atoms with van der Waals surface area (Å²) < 4.78 is 0. The van der Waals surface area contributed by atoms with Gasteiger partial charge in [-0.2, -0.15) is 5.26 Å². The molecule has 3 aliphatic rings. The van der Waals surface area contributed by atoms with Gasteiger partial charge < -0.3 is 20.9 Å². The normalized spacial score (nSPS) is 23.4. The Labute approximate surface area is 246 Å². The van der Waals surface area contributed by atoms with Crippen LogP contribution >= 0.6 is 0 Å². The van der Waals surface area contributed by atoms with Gasteiger partial charge in [-0.1, -0.05) is 24.8 Å². The molecule has 2 fully saturated rings. The van der Waals surface area contributed by atoms with E-state index in [1.807, 2.05) is 31.3 Å². The molecule has 42 heavy (non-hydrogen) atoms. The number of nitrogens with zero attached hydrogens (tertiary/aromatic N) is 2. The minimum atomic E-state index is -1.11. The van der Waals surface area contributed by atoms with E-state index < -0.39 is 5.41 Å². The highest BCUT2D eigenvalue weighted by atomic mass is 16.2. The highest BCUT2D eigenvalue weighted by Gasteiger charge is 2.54. The van der Waals surface area contributed by atoms with Crippen molar-refractivity contribution in [1.29, 1.82) is 5.26 Å². The van der Waals surface area contributed by atoms with Crippen molar-refractivity contribution in [2.75, 3.05) is 34.2 Å². The second-order valence-electron chi connectivity index (χ2n) is 11.3. The zero-order valence-corrected chi connectivity index (χ0v) is 24.5. The van der Waals surface area contributed by atoms with Crippen LogP contribution in [0, 0.1) is 17.2 Å². The minimum Gasteiger partial charge on any atom is -0.388 e. The van der Waals surface area contributed by atoms with Gasteiger partial charge in [-0.15, -0.1) is 0 Å². The standard InChI is InChI=1S/C32H39N7O3/c1-19(34-2)20-7-9-26-21(13-20)5-6-22-14-23(30(41)35-3)8-10-27(22)32(26,31(42)38-36-4)11-12-37-18-29(40)39-25(17-33)15-24-16-28(24)39/h7-10,13-14,24-25,28,34,36-37H,1,5-6,11-12,15-16,18H2,2-4H3,(H,35,41)(H,38,42)/t24-,25?,28+,32?/m1/s1. The van der Waals surface area contributed by atoms with Crippen molar-refractivity contribution < 1.29 is 14.4 Å². The fraction of sp³-hybridized carbons (Fsp3) is 0.438. The Morgan fingerprint density at radius 3 is 2.29 bits per heavy atom. The second kappa shape index (κ2) is 12.0. The van der Waals surface area contributed by atoms with Gasteiger partial charge >= 0.3 is 0 Å². The van der Waals surface area contributed by atoms with Gasteiger partial charge in [0.25, 0.3) is 5.91 Å². The molecule has 0 radical (unpaired) electrons. The summed E-state index contributed by atoms with van der Waals surface area (Å²) in [5.74, 6) is -0.0320. The summed E-state index contributed by atoms with van der Waals surface area (Å²) in [6.07, 6.45) is 3.43. The number of carbonyl (C=O) groups excluding carboxylic acids is 3. The molecule has 0 spiro atoms. The van der Waals surface area contributed by atoms with Crippen molar-refractivity contribution in [3.05, 3.63) is 76.4 Å². The number of amides is 3. The third-order valence-electron chi connectivity index (χ3n) is 9.05. The molecule has 10 heteroatoms. The molecule has 1 saturated heterocycles. The maximum absolute atomic E-state index is 14.2. The van der Waals surface area contributed by atoms with Gasteiger partial charge in [-0.05, 0) is 90.6 Å². The molecule has 2 aromatic rings. The van der Waals surface area contributed by atoms with Crippen molar-refractivity contribution in [2.24, 2.45) is 5.92 Å². The Morgan fingerprint density at radius 2 is 1.67 bits per heavy atom. The van der Waals surface area contributed by atoms with E-state index in [1.54, 1.807) is 25.1 Å². The predicted molar refractivity (Wildman–Crippen MR) is 160 cm³/mol. The molecular weight excluding hydrogens is 530 g/mol. The van der Waals surface area contributed by atoms with Crippen LogP contribution in [-0.4, -0.2) is 68.9 Å². The van der Waals surface area contributed by atoms with Gasteiger partial charge in [0.1, 0.15) is 11.5 Å². The van der Waals surface area contributed by atoms with E-state index in [9.17, 15) is 19.6 Å². The SMILES string of the molecule is C=C(NC)c1ccc2c(c1)CCc1cc(C(=O)NC)ccc1C2(CCNCC(=O)N1C(C#N)C[C@@H]2C[C@@H]21)C(=O)NNC. The molecule has 0 bridgehead atoms. The van der Waals surface area contributed by atoms with Crippen LogP contribution in [0.25, 0.3) is 5.70 Å². The molecule has 0 aromatic heterocycles. The number of hydrogen-bond acceptors (Lipinski definition) is 7. The van der Waals surface area contributed by atoms with E-state index in [0.29, 0.717) is 37.3 Å². The summed E-state index contributed by atoms with van der Waals surface area (Å²) in [4.78, 5) is 41.6. The van der Waals surface area contributed by atoms with Crippen molar-refractivity contribution in [2.45, 2.75) is 49.6 Å². The Morgan fingerprint density at radius 1 is 1.00 bits per heavy atom. The Balaban J connectivity index is 1.51. The summed E-state index contributed by atoms with van der Waals surface area (Å²) >= 11 is 0. The van der Waals surface area contributed by atoms with E-state index >= 15 is 0 Å². The molecule has 2 aliphatic carbocycles. The average molecular weight is 570 g/mol. The monoisotopic (exact) mass is 569 g/mol. The van der Waals surface area contributed by atoms with Crippen LogP contribution in [-0.2, 0) is 27.8 Å². The molecule has 2 aromatic carbocycles. The number of likely N-dealkylation sites (tertiary alicyclic amines) is 1. The number of aryl methyl sites for hydroxylation is 2. The van der Waals surface area contributed by atoms with E-state index in [0.717, 1.165) is 46.4 Å². The molecule has 1 aliphatic heterocycles. The average Bonchev–Trinajstić information content (AvgIpc) is 3.70. The highest BCUT2D eigenvalue weighted by Crippen LogP contribution is 2.47. The smallest absolute Gasteiger partial charge is 0.251 e. The van der Waals surface area contributed by atoms with Crippen LogP contribution in [0.5, 0.6) is 0 Å². The summed E-state index contributed by atoms with van der Waals surface area (Å²) in [5, 5.41) is 18.6. The molecule has 3 amide bonds. The number of benzene rings is 2. The van der Waals surface area contributed by atoms with Crippen LogP contribution < -0.4 is 26.8 Å². The summed E-state index contributed by atoms with van der Waals surface area (Å²) in [6.45, 7) is 4.59. The Kier molecular flexibility index (Phi) is 8.34. The largest absolute Gasteiger partial charge is 0.388 e. The zero-order valence-electron chi connectivity index (χ0n) is 24.5. The number of hydrazine groups is 1. The van der Waals surface area contributed by atoms with Crippen LogP contribution in [0.1, 0.15) is 57.4 Å². The number of piperidine rings is 1. The molecule has 5 rings (SSSR count). The van der Waals surface area contributed by atoms with Crippen molar-refractivity contribution in [3.63, 3.8) is 0 Å². The van der Waals surface area contributed by atoms with E-state index in [4.69, 9.17) is 0 Å². The Bertz CT molecular complexity index is 1390. The van der Waals surface area contributed by atoms with Gasteiger partial charge in [0, 0.05) is 38.4 Å². The van der Waals surface area contributed by atoms with Crippen LogP contribution in [0.15, 0.2) is 43.0 Å². The molecule has 4 atom stereocenters. The van der Waals surface area contributed by atoms with Gasteiger partial charge in [0.05, 0.1) is 12.6 Å². The molecule has 220 valence electrons. The number of rotatable bonds is 10. The zero-order chi connectivity index (χ0) is 30.0. The van der Waals surface area contributed by atoms with Crippen LogP contribution in [0.2, 0.25) is 0 Å². The van der Waals surface area contributed by atoms with Gasteiger partial charge in [-0.3, -0.25) is 19.8 Å². The van der Waals surface area contributed by atoms with Crippen molar-refractivity contribution in [1.82, 2.24) is 31.7 Å². The first-order valence-corrected chi connectivity index (χ1v) is 14.5. The lowest BCUT2D eigenvalue weighted by Crippen LogP contribution is -2.51. The number of fused-ring (bicyclic) bond motifs is 3. The van der Waals surface area contributed by atoms with E-state index in [-0.39, 0.29) is 36.3 Å². The fourth-order valence-corrected chi connectivity index (χ4v) is 6.81. The first-order chi connectivity index (χ1) is 20.3. The van der Waals surface area contributed by atoms with Crippen LogP contribution in [0.3, 0.4) is 0 Å². The summed E-state index contributed by atoms with van der Waals surface area (Å²) in [7, 11) is 5.08. The molecule has 5 N–H and O–H groups in total. The first-order valence-electron chi connectivity index (χ1n) is 14.5. The van der Waals surface area contributed by atoms with Crippen molar-refractivity contribution in [3.8, 4) is 6.07 Å². The first kappa shape index (κ1) is 29.3. The third-order valence-corrected chi connectivity index (χ3v) is 9.05. The maximum atomic E-state index is 14.2. The third kappa shape index (κ3) is 5.14. The maximum Gasteiger partial charge on any atom is 0.251 e. The molecular formula is C32H39N7O3.